The van der Waals surface area contributed by atoms with Crippen LogP contribution >= 0.6 is 11.3 Å². The van der Waals surface area contributed by atoms with E-state index in [0.717, 1.165) is 6.42 Å². The first-order valence-electron chi connectivity index (χ1n) is 5.76. The number of benzene rings is 1. The molecule has 1 heterocycles. The van der Waals surface area contributed by atoms with Gasteiger partial charge in [0.25, 0.3) is 0 Å². The molecular formula is C14H18N2S. The third kappa shape index (κ3) is 2.94. The summed E-state index contributed by atoms with van der Waals surface area (Å²) in [7, 11) is 0. The highest BCUT2D eigenvalue weighted by atomic mass is 32.1. The highest BCUT2D eigenvalue weighted by molar-refractivity contribution is 7.10. The van der Waals surface area contributed by atoms with Crippen molar-refractivity contribution in [3.63, 3.8) is 0 Å². The summed E-state index contributed by atoms with van der Waals surface area (Å²) in [6.45, 7) is 4.25. The lowest BCUT2D eigenvalue weighted by Crippen LogP contribution is -2.29. The van der Waals surface area contributed by atoms with Crippen molar-refractivity contribution in [2.75, 3.05) is 0 Å². The van der Waals surface area contributed by atoms with Gasteiger partial charge < -0.3 is 0 Å². The number of hydrogen-bond acceptors (Lipinski definition) is 3. The highest BCUT2D eigenvalue weighted by Crippen LogP contribution is 2.26. The maximum absolute atomic E-state index is 5.68. The van der Waals surface area contributed by atoms with Crippen LogP contribution < -0.4 is 11.3 Å². The van der Waals surface area contributed by atoms with Crippen molar-refractivity contribution in [1.82, 2.24) is 5.43 Å². The topological polar surface area (TPSA) is 38.0 Å². The maximum Gasteiger partial charge on any atom is 0.0596 e. The molecule has 2 nitrogen and oxygen atoms in total. The molecular weight excluding hydrogens is 228 g/mol. The molecule has 0 fully saturated rings. The summed E-state index contributed by atoms with van der Waals surface area (Å²) >= 11 is 1.76. The predicted octanol–water partition coefficient (Wildman–Crippen LogP) is 3.11. The first kappa shape index (κ1) is 12.3. The fourth-order valence-corrected chi connectivity index (χ4v) is 3.03. The number of nitrogens with one attached hydrogen (secondary N) is 1. The van der Waals surface area contributed by atoms with Gasteiger partial charge in [-0.25, -0.2) is 0 Å². The SMILES string of the molecule is Cc1cccc(CC(NN)c2sccc2C)c1. The van der Waals surface area contributed by atoms with E-state index in [1.54, 1.807) is 11.3 Å². The lowest BCUT2D eigenvalue weighted by Gasteiger charge is -2.16. The van der Waals surface area contributed by atoms with Crippen LogP contribution in [0.5, 0.6) is 0 Å². The van der Waals surface area contributed by atoms with Gasteiger partial charge in [-0.2, -0.15) is 0 Å². The van der Waals surface area contributed by atoms with E-state index in [0.29, 0.717) is 0 Å². The molecule has 0 saturated heterocycles. The summed E-state index contributed by atoms with van der Waals surface area (Å²) in [5, 5.41) is 2.12. The Balaban J connectivity index is 2.19. The highest BCUT2D eigenvalue weighted by Gasteiger charge is 2.14. The van der Waals surface area contributed by atoms with Crippen LogP contribution in [0.4, 0.5) is 0 Å². The van der Waals surface area contributed by atoms with Gasteiger partial charge in [-0.3, -0.25) is 11.3 Å². The molecule has 90 valence electrons. The zero-order valence-electron chi connectivity index (χ0n) is 10.2. The monoisotopic (exact) mass is 246 g/mol. The third-order valence-electron chi connectivity index (χ3n) is 2.94. The molecule has 0 aliphatic heterocycles. The average molecular weight is 246 g/mol. The van der Waals surface area contributed by atoms with Crippen molar-refractivity contribution in [1.29, 1.82) is 0 Å². The quantitative estimate of drug-likeness (QED) is 0.642. The molecule has 2 aromatic rings. The molecule has 1 aromatic carbocycles. The Morgan fingerprint density at radius 1 is 1.29 bits per heavy atom. The average Bonchev–Trinajstić information content (AvgIpc) is 2.72. The summed E-state index contributed by atoms with van der Waals surface area (Å²) in [5.41, 5.74) is 6.85. The van der Waals surface area contributed by atoms with Gasteiger partial charge in [0.2, 0.25) is 0 Å². The van der Waals surface area contributed by atoms with Crippen LogP contribution in [0.3, 0.4) is 0 Å². The van der Waals surface area contributed by atoms with Crippen LogP contribution in [0.2, 0.25) is 0 Å². The van der Waals surface area contributed by atoms with Crippen LogP contribution in [-0.4, -0.2) is 0 Å². The van der Waals surface area contributed by atoms with E-state index in [-0.39, 0.29) is 6.04 Å². The van der Waals surface area contributed by atoms with Gasteiger partial charge in [-0.15, -0.1) is 11.3 Å². The fraction of sp³-hybridized carbons (Fsp3) is 0.286. The van der Waals surface area contributed by atoms with Crippen LogP contribution in [0.1, 0.15) is 27.6 Å². The summed E-state index contributed by atoms with van der Waals surface area (Å²) in [4.78, 5) is 1.33. The zero-order valence-corrected chi connectivity index (χ0v) is 11.1. The third-order valence-corrected chi connectivity index (χ3v) is 4.07. The molecule has 2 rings (SSSR count). The van der Waals surface area contributed by atoms with Crippen LogP contribution in [0.15, 0.2) is 35.7 Å². The number of aryl methyl sites for hydroxylation is 2. The zero-order chi connectivity index (χ0) is 12.3. The second kappa shape index (κ2) is 5.45. The first-order valence-corrected chi connectivity index (χ1v) is 6.64. The number of nitrogens with two attached hydrogens (primary N) is 1. The largest absolute Gasteiger partial charge is 0.271 e. The van der Waals surface area contributed by atoms with Gasteiger partial charge >= 0.3 is 0 Å². The van der Waals surface area contributed by atoms with Crippen molar-refractivity contribution in [3.05, 3.63) is 57.3 Å². The minimum Gasteiger partial charge on any atom is -0.271 e. The minimum absolute atomic E-state index is 0.205. The summed E-state index contributed by atoms with van der Waals surface area (Å²) in [6.07, 6.45) is 0.930. The smallest absolute Gasteiger partial charge is 0.0596 e. The molecule has 0 aliphatic carbocycles. The lowest BCUT2D eigenvalue weighted by molar-refractivity contribution is 0.558. The van der Waals surface area contributed by atoms with Gasteiger partial charge in [0.15, 0.2) is 0 Å². The van der Waals surface area contributed by atoms with E-state index in [1.165, 1.54) is 21.6 Å². The van der Waals surface area contributed by atoms with Gasteiger partial charge in [-0.1, -0.05) is 29.8 Å². The Morgan fingerprint density at radius 2 is 2.12 bits per heavy atom. The van der Waals surface area contributed by atoms with Crippen molar-refractivity contribution >= 4 is 11.3 Å². The molecule has 17 heavy (non-hydrogen) atoms. The Hall–Kier alpha value is -1.16. The molecule has 0 radical (unpaired) electrons. The number of hydrogen-bond donors (Lipinski definition) is 2. The molecule has 0 saturated carbocycles. The molecule has 3 N–H and O–H groups in total. The van der Waals surface area contributed by atoms with Crippen molar-refractivity contribution in [2.45, 2.75) is 26.3 Å². The van der Waals surface area contributed by atoms with Gasteiger partial charge in [0.1, 0.15) is 0 Å². The second-order valence-corrected chi connectivity index (χ2v) is 5.33. The first-order chi connectivity index (χ1) is 8.20. The van der Waals surface area contributed by atoms with Crippen LogP contribution in [0.25, 0.3) is 0 Å². The molecule has 0 amide bonds. The summed E-state index contributed by atoms with van der Waals surface area (Å²) < 4.78 is 0. The number of rotatable bonds is 4. The van der Waals surface area contributed by atoms with E-state index in [1.807, 2.05) is 0 Å². The predicted molar refractivity (Wildman–Crippen MR) is 74.0 cm³/mol. The van der Waals surface area contributed by atoms with E-state index in [4.69, 9.17) is 5.84 Å². The fourth-order valence-electron chi connectivity index (χ4n) is 2.04. The van der Waals surface area contributed by atoms with E-state index in [9.17, 15) is 0 Å². The molecule has 0 bridgehead atoms. The van der Waals surface area contributed by atoms with Gasteiger partial charge in [0, 0.05) is 4.88 Å². The Morgan fingerprint density at radius 3 is 2.71 bits per heavy atom. The number of thiophene rings is 1. The Labute approximate surface area is 106 Å². The molecule has 1 aromatic heterocycles. The second-order valence-electron chi connectivity index (χ2n) is 4.38. The van der Waals surface area contributed by atoms with Crippen molar-refractivity contribution in [3.8, 4) is 0 Å². The molecule has 1 atom stereocenters. The number of hydrazine groups is 1. The molecule has 0 spiro atoms. The van der Waals surface area contributed by atoms with E-state index < -0.39 is 0 Å². The van der Waals surface area contributed by atoms with Crippen LogP contribution in [0, 0.1) is 13.8 Å². The Kier molecular flexibility index (Phi) is 3.94. The van der Waals surface area contributed by atoms with E-state index >= 15 is 0 Å². The molecule has 1 unspecified atom stereocenters. The molecule has 0 aliphatic rings. The van der Waals surface area contributed by atoms with Crippen molar-refractivity contribution < 1.29 is 0 Å². The van der Waals surface area contributed by atoms with E-state index in [2.05, 4.69) is 55.0 Å². The normalized spacial score (nSPS) is 12.6. The maximum atomic E-state index is 5.68. The lowest BCUT2D eigenvalue weighted by atomic mass is 10.0. The minimum atomic E-state index is 0.205. The standard InChI is InChI=1S/C14H18N2S/c1-10-4-3-5-12(8-10)9-13(16-15)14-11(2)6-7-17-14/h3-8,13,16H,9,15H2,1-2H3. The van der Waals surface area contributed by atoms with Gasteiger partial charge in [-0.05, 0) is 42.8 Å². The van der Waals surface area contributed by atoms with Gasteiger partial charge in [0.05, 0.1) is 6.04 Å². The van der Waals surface area contributed by atoms with Crippen LogP contribution in [-0.2, 0) is 6.42 Å². The summed E-state index contributed by atoms with van der Waals surface area (Å²) in [6, 6.07) is 10.9. The summed E-state index contributed by atoms with van der Waals surface area (Å²) in [5.74, 6) is 5.68. The molecule has 3 heteroatoms. The Bertz CT molecular complexity index is 490. The van der Waals surface area contributed by atoms with Crippen molar-refractivity contribution in [2.24, 2.45) is 5.84 Å².